The van der Waals surface area contributed by atoms with E-state index in [9.17, 15) is 9.90 Å². The molecule has 5 heteroatoms. The SMILES string of the molecule is CC(C)(O)CNC(=O)c1cc(-c2ccccc2)n[nH]1. The average Bonchev–Trinajstić information content (AvgIpc) is 2.86. The third-order valence-corrected chi connectivity index (χ3v) is 2.57. The lowest BCUT2D eigenvalue weighted by molar-refractivity contribution is 0.0692. The molecule has 0 spiro atoms. The van der Waals surface area contributed by atoms with E-state index < -0.39 is 5.60 Å². The van der Waals surface area contributed by atoms with Gasteiger partial charge in [0.15, 0.2) is 0 Å². The minimum absolute atomic E-state index is 0.186. The first-order valence-electron chi connectivity index (χ1n) is 6.07. The van der Waals surface area contributed by atoms with Gasteiger partial charge in [0.1, 0.15) is 5.69 Å². The van der Waals surface area contributed by atoms with Crippen molar-refractivity contribution in [3.8, 4) is 11.3 Å². The maximum absolute atomic E-state index is 11.8. The second-order valence-corrected chi connectivity index (χ2v) is 5.03. The minimum Gasteiger partial charge on any atom is -0.389 e. The summed E-state index contributed by atoms with van der Waals surface area (Å²) in [5, 5.41) is 19.0. The van der Waals surface area contributed by atoms with Crippen LogP contribution in [0.15, 0.2) is 36.4 Å². The Morgan fingerprint density at radius 1 is 1.37 bits per heavy atom. The Labute approximate surface area is 111 Å². The van der Waals surface area contributed by atoms with E-state index in [1.54, 1.807) is 19.9 Å². The maximum Gasteiger partial charge on any atom is 0.269 e. The lowest BCUT2D eigenvalue weighted by Gasteiger charge is -2.16. The van der Waals surface area contributed by atoms with E-state index in [-0.39, 0.29) is 12.5 Å². The van der Waals surface area contributed by atoms with Crippen LogP contribution in [0.5, 0.6) is 0 Å². The third kappa shape index (κ3) is 3.66. The van der Waals surface area contributed by atoms with Gasteiger partial charge in [0, 0.05) is 12.1 Å². The Balaban J connectivity index is 2.07. The number of aromatic amines is 1. The van der Waals surface area contributed by atoms with Gasteiger partial charge in [-0.2, -0.15) is 5.10 Å². The van der Waals surface area contributed by atoms with Gasteiger partial charge in [-0.25, -0.2) is 0 Å². The van der Waals surface area contributed by atoms with Crippen LogP contribution in [0.1, 0.15) is 24.3 Å². The molecule has 0 saturated carbocycles. The van der Waals surface area contributed by atoms with Crippen LogP contribution in [0.4, 0.5) is 0 Å². The molecule has 1 heterocycles. The molecular weight excluding hydrogens is 242 g/mol. The Morgan fingerprint density at radius 3 is 2.68 bits per heavy atom. The Bertz CT molecular complexity index is 556. The first-order valence-corrected chi connectivity index (χ1v) is 6.07. The van der Waals surface area contributed by atoms with Gasteiger partial charge in [-0.05, 0) is 19.9 Å². The standard InChI is InChI=1S/C14H17N3O2/c1-14(2,19)9-15-13(18)12-8-11(16-17-12)10-6-4-3-5-7-10/h3-8,19H,9H2,1-2H3,(H,15,18)(H,16,17). The van der Waals surface area contributed by atoms with Crippen LogP contribution in [0.25, 0.3) is 11.3 Å². The van der Waals surface area contributed by atoms with E-state index in [2.05, 4.69) is 15.5 Å². The number of nitrogens with zero attached hydrogens (tertiary/aromatic N) is 1. The van der Waals surface area contributed by atoms with Crippen molar-refractivity contribution >= 4 is 5.91 Å². The highest BCUT2D eigenvalue weighted by Crippen LogP contribution is 2.16. The number of aromatic nitrogens is 2. The number of H-pyrrole nitrogens is 1. The lowest BCUT2D eigenvalue weighted by Crippen LogP contribution is -2.38. The predicted molar refractivity (Wildman–Crippen MR) is 72.7 cm³/mol. The molecule has 0 fully saturated rings. The predicted octanol–water partition coefficient (Wildman–Crippen LogP) is 1.58. The molecule has 0 aliphatic heterocycles. The Morgan fingerprint density at radius 2 is 2.05 bits per heavy atom. The third-order valence-electron chi connectivity index (χ3n) is 2.57. The van der Waals surface area contributed by atoms with Gasteiger partial charge < -0.3 is 10.4 Å². The molecule has 0 aliphatic carbocycles. The van der Waals surface area contributed by atoms with Gasteiger partial charge in [-0.15, -0.1) is 0 Å². The van der Waals surface area contributed by atoms with Gasteiger partial charge in [0.25, 0.3) is 5.91 Å². The smallest absolute Gasteiger partial charge is 0.269 e. The summed E-state index contributed by atoms with van der Waals surface area (Å²) in [6.07, 6.45) is 0. The van der Waals surface area contributed by atoms with E-state index in [0.29, 0.717) is 11.4 Å². The van der Waals surface area contributed by atoms with Crippen molar-refractivity contribution in [2.24, 2.45) is 0 Å². The van der Waals surface area contributed by atoms with Crippen LogP contribution in [-0.4, -0.2) is 33.4 Å². The molecule has 0 atom stereocenters. The molecule has 3 N–H and O–H groups in total. The van der Waals surface area contributed by atoms with E-state index in [4.69, 9.17) is 0 Å². The number of amides is 1. The number of carbonyl (C=O) groups excluding carboxylic acids is 1. The summed E-state index contributed by atoms with van der Waals surface area (Å²) in [5.41, 5.74) is 1.11. The van der Waals surface area contributed by atoms with Gasteiger partial charge in [-0.1, -0.05) is 30.3 Å². The average molecular weight is 259 g/mol. The Kier molecular flexibility index (Phi) is 3.66. The first kappa shape index (κ1) is 13.3. The fourth-order valence-corrected chi connectivity index (χ4v) is 1.59. The molecule has 1 aromatic carbocycles. The van der Waals surface area contributed by atoms with Crippen LogP contribution in [0, 0.1) is 0 Å². The van der Waals surface area contributed by atoms with Crippen molar-refractivity contribution in [1.82, 2.24) is 15.5 Å². The molecule has 0 unspecified atom stereocenters. The van der Waals surface area contributed by atoms with Crippen molar-refractivity contribution in [2.75, 3.05) is 6.54 Å². The van der Waals surface area contributed by atoms with E-state index >= 15 is 0 Å². The van der Waals surface area contributed by atoms with E-state index in [1.807, 2.05) is 30.3 Å². The van der Waals surface area contributed by atoms with Crippen molar-refractivity contribution in [2.45, 2.75) is 19.4 Å². The summed E-state index contributed by atoms with van der Waals surface area (Å²) in [5.74, 6) is -0.281. The molecule has 1 amide bonds. The number of rotatable bonds is 4. The molecule has 19 heavy (non-hydrogen) atoms. The molecule has 2 rings (SSSR count). The van der Waals surface area contributed by atoms with E-state index in [1.165, 1.54) is 0 Å². The summed E-state index contributed by atoms with van der Waals surface area (Å²) >= 11 is 0. The number of aliphatic hydroxyl groups is 1. The van der Waals surface area contributed by atoms with Crippen LogP contribution < -0.4 is 5.32 Å². The van der Waals surface area contributed by atoms with Gasteiger partial charge in [0.2, 0.25) is 0 Å². The molecule has 2 aromatic rings. The number of benzene rings is 1. The zero-order valence-electron chi connectivity index (χ0n) is 11.0. The van der Waals surface area contributed by atoms with E-state index in [0.717, 1.165) is 5.56 Å². The molecule has 1 aromatic heterocycles. The quantitative estimate of drug-likeness (QED) is 0.780. The minimum atomic E-state index is -0.933. The van der Waals surface area contributed by atoms with Crippen molar-refractivity contribution in [3.63, 3.8) is 0 Å². The molecule has 5 nitrogen and oxygen atoms in total. The Hall–Kier alpha value is -2.14. The second kappa shape index (κ2) is 5.24. The zero-order chi connectivity index (χ0) is 13.9. The first-order chi connectivity index (χ1) is 8.96. The summed E-state index contributed by atoms with van der Waals surface area (Å²) in [6, 6.07) is 11.3. The molecule has 0 aliphatic rings. The van der Waals surface area contributed by atoms with Crippen LogP contribution in [0.2, 0.25) is 0 Å². The number of carbonyl (C=O) groups is 1. The summed E-state index contributed by atoms with van der Waals surface area (Å²) in [6.45, 7) is 3.46. The lowest BCUT2D eigenvalue weighted by atomic mass is 10.1. The molecule has 0 radical (unpaired) electrons. The van der Waals surface area contributed by atoms with Gasteiger partial charge in [0.05, 0.1) is 11.3 Å². The summed E-state index contributed by atoms with van der Waals surface area (Å²) in [7, 11) is 0. The molecule has 100 valence electrons. The van der Waals surface area contributed by atoms with Gasteiger partial charge in [-0.3, -0.25) is 9.89 Å². The van der Waals surface area contributed by atoms with Crippen LogP contribution in [-0.2, 0) is 0 Å². The molecular formula is C14H17N3O2. The highest BCUT2D eigenvalue weighted by atomic mass is 16.3. The fourth-order valence-electron chi connectivity index (χ4n) is 1.59. The summed E-state index contributed by atoms with van der Waals surface area (Å²) < 4.78 is 0. The van der Waals surface area contributed by atoms with Gasteiger partial charge >= 0.3 is 0 Å². The van der Waals surface area contributed by atoms with Crippen LogP contribution >= 0.6 is 0 Å². The summed E-state index contributed by atoms with van der Waals surface area (Å²) in [4.78, 5) is 11.8. The largest absolute Gasteiger partial charge is 0.389 e. The number of hydrogen-bond acceptors (Lipinski definition) is 3. The molecule has 0 bridgehead atoms. The zero-order valence-corrected chi connectivity index (χ0v) is 11.0. The topological polar surface area (TPSA) is 78.0 Å². The van der Waals surface area contributed by atoms with Crippen molar-refractivity contribution in [3.05, 3.63) is 42.1 Å². The number of hydrogen-bond donors (Lipinski definition) is 3. The molecule has 0 saturated heterocycles. The normalized spacial score (nSPS) is 11.3. The highest BCUT2D eigenvalue weighted by molar-refractivity contribution is 5.93. The van der Waals surface area contributed by atoms with Crippen LogP contribution in [0.3, 0.4) is 0 Å². The van der Waals surface area contributed by atoms with Crippen molar-refractivity contribution < 1.29 is 9.90 Å². The monoisotopic (exact) mass is 259 g/mol. The maximum atomic E-state index is 11.8. The highest BCUT2D eigenvalue weighted by Gasteiger charge is 2.16. The number of nitrogens with one attached hydrogen (secondary N) is 2. The van der Waals surface area contributed by atoms with Crippen molar-refractivity contribution in [1.29, 1.82) is 0 Å². The fraction of sp³-hybridized carbons (Fsp3) is 0.286. The second-order valence-electron chi connectivity index (χ2n) is 5.03.